The first kappa shape index (κ1) is 13.4. The topological polar surface area (TPSA) is 45.2 Å². The van der Waals surface area contributed by atoms with E-state index in [2.05, 4.69) is 10.3 Å². The molecule has 92 valence electrons. The molecule has 0 fully saturated rings. The van der Waals surface area contributed by atoms with Gasteiger partial charge in [0.05, 0.1) is 10.7 Å². The van der Waals surface area contributed by atoms with Crippen LogP contribution in [-0.4, -0.2) is 28.9 Å². The van der Waals surface area contributed by atoms with Crippen LogP contribution in [0.2, 0.25) is 0 Å². The van der Waals surface area contributed by atoms with Crippen molar-refractivity contribution in [2.75, 3.05) is 6.54 Å². The van der Waals surface area contributed by atoms with Crippen LogP contribution in [0.25, 0.3) is 0 Å². The Morgan fingerprint density at radius 2 is 2.19 bits per heavy atom. The van der Waals surface area contributed by atoms with Crippen molar-refractivity contribution in [2.45, 2.75) is 32.2 Å². The number of hydrogen-bond donors (Lipinski definition) is 2. The molecule has 0 bridgehead atoms. The molecule has 0 aliphatic rings. The lowest BCUT2D eigenvalue weighted by Crippen LogP contribution is -2.39. The van der Waals surface area contributed by atoms with Gasteiger partial charge in [-0.05, 0) is 13.8 Å². The monoisotopic (exact) mass is 254 g/mol. The summed E-state index contributed by atoms with van der Waals surface area (Å²) in [6, 6.07) is -0.304. The molecule has 3 nitrogen and oxygen atoms in total. The molecule has 0 amide bonds. The Morgan fingerprint density at radius 1 is 1.56 bits per heavy atom. The summed E-state index contributed by atoms with van der Waals surface area (Å²) in [7, 11) is 0. The number of alkyl halides is 3. The van der Waals surface area contributed by atoms with Crippen molar-refractivity contribution in [3.05, 3.63) is 16.1 Å². The summed E-state index contributed by atoms with van der Waals surface area (Å²) < 4.78 is 36.0. The van der Waals surface area contributed by atoms with Crippen LogP contribution in [0.4, 0.5) is 13.2 Å². The van der Waals surface area contributed by atoms with Gasteiger partial charge in [0.25, 0.3) is 0 Å². The van der Waals surface area contributed by atoms with Gasteiger partial charge in [-0.25, -0.2) is 4.98 Å². The zero-order chi connectivity index (χ0) is 12.3. The molecule has 0 aromatic carbocycles. The Labute approximate surface area is 95.3 Å². The smallest absolute Gasteiger partial charge is 0.382 e. The van der Waals surface area contributed by atoms with Crippen LogP contribution in [0.5, 0.6) is 0 Å². The molecular weight excluding hydrogens is 241 g/mol. The number of halogens is 3. The maximum Gasteiger partial charge on any atom is 0.415 e. The zero-order valence-electron chi connectivity index (χ0n) is 8.88. The second kappa shape index (κ2) is 5.11. The fourth-order valence-corrected chi connectivity index (χ4v) is 1.79. The van der Waals surface area contributed by atoms with E-state index < -0.39 is 18.8 Å². The highest BCUT2D eigenvalue weighted by atomic mass is 32.1. The Kier molecular flexibility index (Phi) is 4.28. The van der Waals surface area contributed by atoms with E-state index in [9.17, 15) is 13.2 Å². The van der Waals surface area contributed by atoms with E-state index in [1.165, 1.54) is 11.3 Å². The van der Waals surface area contributed by atoms with Crippen LogP contribution in [0.1, 0.15) is 23.7 Å². The average molecular weight is 254 g/mol. The number of nitrogens with one attached hydrogen (secondary N) is 1. The number of thiazole rings is 1. The Hall–Kier alpha value is -0.660. The molecule has 1 heterocycles. The summed E-state index contributed by atoms with van der Waals surface area (Å²) in [6.45, 7) is 3.00. The summed E-state index contributed by atoms with van der Waals surface area (Å²) in [4.78, 5) is 4.14. The van der Waals surface area contributed by atoms with E-state index in [1.54, 1.807) is 12.3 Å². The number of aliphatic hydroxyl groups excluding tert-OH is 1. The van der Waals surface area contributed by atoms with E-state index in [-0.39, 0.29) is 6.04 Å². The summed E-state index contributed by atoms with van der Waals surface area (Å²) in [5.41, 5.74) is 0.692. The third-order valence-electron chi connectivity index (χ3n) is 2.08. The number of hydrogen-bond acceptors (Lipinski definition) is 4. The quantitative estimate of drug-likeness (QED) is 0.864. The summed E-state index contributed by atoms with van der Waals surface area (Å²) in [5, 5.41) is 14.0. The molecule has 0 aliphatic carbocycles. The van der Waals surface area contributed by atoms with E-state index >= 15 is 0 Å². The first-order valence-corrected chi connectivity index (χ1v) is 5.59. The molecule has 0 radical (unpaired) electrons. The highest BCUT2D eigenvalue weighted by molar-refractivity contribution is 7.09. The Balaban J connectivity index is 2.44. The van der Waals surface area contributed by atoms with Gasteiger partial charge < -0.3 is 10.4 Å². The number of aryl methyl sites for hydroxylation is 1. The van der Waals surface area contributed by atoms with Gasteiger partial charge in [0.15, 0.2) is 6.10 Å². The standard InChI is InChI=1S/C9H13F3N2OS/c1-5(7-4-16-6(2)14-7)13-3-8(15)9(10,11)12/h4-5,8,13,15H,3H2,1-2H3. The molecule has 2 unspecified atom stereocenters. The second-order valence-corrected chi connectivity index (χ2v) is 4.54. The van der Waals surface area contributed by atoms with Crippen LogP contribution in [-0.2, 0) is 0 Å². The van der Waals surface area contributed by atoms with Crippen LogP contribution in [0.15, 0.2) is 5.38 Å². The summed E-state index contributed by atoms with van der Waals surface area (Å²) in [5.74, 6) is 0. The predicted molar refractivity (Wildman–Crippen MR) is 55.3 cm³/mol. The van der Waals surface area contributed by atoms with Crippen molar-refractivity contribution in [2.24, 2.45) is 0 Å². The number of nitrogens with zero attached hydrogens (tertiary/aromatic N) is 1. The highest BCUT2D eigenvalue weighted by Crippen LogP contribution is 2.21. The van der Waals surface area contributed by atoms with Crippen molar-refractivity contribution < 1.29 is 18.3 Å². The van der Waals surface area contributed by atoms with Crippen molar-refractivity contribution in [3.63, 3.8) is 0 Å². The molecule has 1 rings (SSSR count). The third-order valence-corrected chi connectivity index (χ3v) is 2.87. The molecule has 2 atom stereocenters. The van der Waals surface area contributed by atoms with Gasteiger partial charge in [-0.2, -0.15) is 13.2 Å². The SMILES string of the molecule is Cc1nc(C(C)NCC(O)C(F)(F)F)cs1. The fourth-order valence-electron chi connectivity index (χ4n) is 1.09. The van der Waals surface area contributed by atoms with Crippen molar-refractivity contribution >= 4 is 11.3 Å². The minimum atomic E-state index is -4.58. The normalized spacial score (nSPS) is 16.1. The molecule has 7 heteroatoms. The molecule has 0 spiro atoms. The Morgan fingerprint density at radius 3 is 2.62 bits per heavy atom. The lowest BCUT2D eigenvalue weighted by atomic mass is 10.2. The first-order valence-electron chi connectivity index (χ1n) is 4.71. The molecule has 1 aromatic rings. The third kappa shape index (κ3) is 3.73. The maximum absolute atomic E-state index is 12.0. The van der Waals surface area contributed by atoms with Crippen molar-refractivity contribution in [3.8, 4) is 0 Å². The van der Waals surface area contributed by atoms with E-state index in [4.69, 9.17) is 5.11 Å². The molecular formula is C9H13F3N2OS. The number of rotatable bonds is 4. The lowest BCUT2D eigenvalue weighted by molar-refractivity contribution is -0.202. The molecule has 1 aromatic heterocycles. The van der Waals surface area contributed by atoms with Gasteiger partial charge in [-0.1, -0.05) is 0 Å². The fraction of sp³-hybridized carbons (Fsp3) is 0.667. The average Bonchev–Trinajstić information content (AvgIpc) is 2.59. The van der Waals surface area contributed by atoms with Crippen LogP contribution < -0.4 is 5.32 Å². The largest absolute Gasteiger partial charge is 0.415 e. The number of aromatic nitrogens is 1. The minimum Gasteiger partial charge on any atom is -0.382 e. The van der Waals surface area contributed by atoms with Gasteiger partial charge in [0.1, 0.15) is 0 Å². The van der Waals surface area contributed by atoms with Crippen LogP contribution in [0.3, 0.4) is 0 Å². The summed E-state index contributed by atoms with van der Waals surface area (Å²) >= 11 is 1.44. The van der Waals surface area contributed by atoms with E-state index in [1.807, 2.05) is 6.92 Å². The van der Waals surface area contributed by atoms with Crippen molar-refractivity contribution in [1.29, 1.82) is 0 Å². The summed E-state index contributed by atoms with van der Waals surface area (Å²) in [6.07, 6.45) is -6.92. The predicted octanol–water partition coefficient (Wildman–Crippen LogP) is 2.03. The molecule has 0 saturated heterocycles. The number of aliphatic hydroxyl groups is 1. The molecule has 2 N–H and O–H groups in total. The van der Waals surface area contributed by atoms with Gasteiger partial charge >= 0.3 is 6.18 Å². The van der Waals surface area contributed by atoms with Crippen molar-refractivity contribution in [1.82, 2.24) is 10.3 Å². The Bertz CT molecular complexity index is 340. The van der Waals surface area contributed by atoms with Crippen LogP contribution >= 0.6 is 11.3 Å². The van der Waals surface area contributed by atoms with Gasteiger partial charge in [0.2, 0.25) is 0 Å². The van der Waals surface area contributed by atoms with E-state index in [0.717, 1.165) is 5.01 Å². The van der Waals surface area contributed by atoms with Gasteiger partial charge in [-0.15, -0.1) is 11.3 Å². The highest BCUT2D eigenvalue weighted by Gasteiger charge is 2.37. The second-order valence-electron chi connectivity index (χ2n) is 3.48. The lowest BCUT2D eigenvalue weighted by Gasteiger charge is -2.17. The van der Waals surface area contributed by atoms with Gasteiger partial charge in [-0.3, -0.25) is 0 Å². The maximum atomic E-state index is 12.0. The van der Waals surface area contributed by atoms with E-state index in [0.29, 0.717) is 5.69 Å². The minimum absolute atomic E-state index is 0.304. The molecule has 16 heavy (non-hydrogen) atoms. The molecule has 0 saturated carbocycles. The van der Waals surface area contributed by atoms with Crippen LogP contribution in [0, 0.1) is 6.92 Å². The zero-order valence-corrected chi connectivity index (χ0v) is 9.69. The first-order chi connectivity index (χ1) is 7.30. The van der Waals surface area contributed by atoms with Gasteiger partial charge in [0, 0.05) is 18.0 Å². The molecule has 0 aliphatic heterocycles.